The van der Waals surface area contributed by atoms with Crippen molar-refractivity contribution in [3.63, 3.8) is 0 Å². The van der Waals surface area contributed by atoms with Gasteiger partial charge in [-0.05, 0) is 58.4 Å². The Balaban J connectivity index is 1.66. The van der Waals surface area contributed by atoms with Crippen LogP contribution in [0.5, 0.6) is 0 Å². The maximum atomic E-state index is 13.7. The van der Waals surface area contributed by atoms with Gasteiger partial charge in [0.25, 0.3) is 0 Å². The molecule has 0 radical (unpaired) electrons. The molecule has 5 nitrogen and oxygen atoms in total. The molecule has 7 heteroatoms. The van der Waals surface area contributed by atoms with Crippen molar-refractivity contribution in [2.75, 3.05) is 13.1 Å². The summed E-state index contributed by atoms with van der Waals surface area (Å²) in [6.45, 7) is 10.2. The smallest absolute Gasteiger partial charge is 0.224 e. The van der Waals surface area contributed by atoms with Crippen LogP contribution in [0.25, 0.3) is 0 Å². The first-order valence-corrected chi connectivity index (χ1v) is 10.4. The molecule has 156 valence electrons. The highest BCUT2D eigenvalue weighted by atomic mass is 35.5. The zero-order valence-corrected chi connectivity index (χ0v) is 18.2. The molecular weight excluding hydrogens is 391 g/mol. The molecule has 1 fully saturated rings. The molecule has 0 bridgehead atoms. The molecule has 0 spiro atoms. The maximum Gasteiger partial charge on any atom is 0.224 e. The zero-order valence-electron chi connectivity index (χ0n) is 17.4. The van der Waals surface area contributed by atoms with Crippen molar-refractivity contribution in [3.8, 4) is 0 Å². The van der Waals surface area contributed by atoms with E-state index in [1.54, 1.807) is 6.07 Å². The third kappa shape index (κ3) is 5.52. The van der Waals surface area contributed by atoms with Crippen LogP contribution in [0.4, 0.5) is 4.39 Å². The van der Waals surface area contributed by atoms with Crippen molar-refractivity contribution in [1.29, 1.82) is 0 Å². The van der Waals surface area contributed by atoms with E-state index < -0.39 is 0 Å². The van der Waals surface area contributed by atoms with Crippen LogP contribution in [0.1, 0.15) is 54.5 Å². The fourth-order valence-electron chi connectivity index (χ4n) is 3.82. The number of benzene rings is 1. The van der Waals surface area contributed by atoms with Gasteiger partial charge in [0.2, 0.25) is 5.91 Å². The lowest BCUT2D eigenvalue weighted by atomic mass is 10.0. The molecule has 1 aromatic carbocycles. The van der Waals surface area contributed by atoms with Crippen molar-refractivity contribution >= 4 is 17.5 Å². The van der Waals surface area contributed by atoms with Crippen molar-refractivity contribution in [3.05, 3.63) is 57.4 Å². The third-order valence-electron chi connectivity index (χ3n) is 5.25. The summed E-state index contributed by atoms with van der Waals surface area (Å²) in [5.41, 5.74) is 3.54. The maximum absolute atomic E-state index is 13.7. The Labute approximate surface area is 176 Å². The number of amides is 1. The van der Waals surface area contributed by atoms with Gasteiger partial charge < -0.3 is 5.32 Å². The van der Waals surface area contributed by atoms with Gasteiger partial charge in [-0.3, -0.25) is 9.69 Å². The number of carbonyl (C=O) groups is 1. The zero-order chi connectivity index (χ0) is 21.1. The second-order valence-electron chi connectivity index (χ2n) is 8.10. The lowest BCUT2D eigenvalue weighted by Crippen LogP contribution is -2.32. The van der Waals surface area contributed by atoms with Crippen LogP contribution in [0.15, 0.2) is 18.2 Å². The summed E-state index contributed by atoms with van der Waals surface area (Å²) in [5.74, 6) is 0.678. The van der Waals surface area contributed by atoms with Crippen LogP contribution >= 0.6 is 11.6 Å². The second-order valence-corrected chi connectivity index (χ2v) is 8.51. The Morgan fingerprint density at radius 3 is 2.62 bits per heavy atom. The number of nitrogens with one attached hydrogen (secondary N) is 1. The second kappa shape index (κ2) is 9.18. The first kappa shape index (κ1) is 21.7. The Hall–Kier alpha value is -2.05. The molecule has 1 saturated heterocycles. The fraction of sp³-hybridized carbons (Fsp3) is 0.500. The Bertz CT molecular complexity index is 879. The molecule has 3 rings (SSSR count). The number of hydrogen-bond acceptors (Lipinski definition) is 4. The minimum absolute atomic E-state index is 0.00946. The van der Waals surface area contributed by atoms with Gasteiger partial charge in [0, 0.05) is 42.0 Å². The van der Waals surface area contributed by atoms with E-state index >= 15 is 0 Å². The van der Waals surface area contributed by atoms with Gasteiger partial charge >= 0.3 is 0 Å². The molecule has 2 heterocycles. The molecule has 1 N–H and O–H groups in total. The highest BCUT2D eigenvalue weighted by Gasteiger charge is 2.27. The number of hydrogen-bond donors (Lipinski definition) is 1. The Morgan fingerprint density at radius 2 is 2.00 bits per heavy atom. The first-order chi connectivity index (χ1) is 13.7. The average molecular weight is 419 g/mol. The predicted octanol–water partition coefficient (Wildman–Crippen LogP) is 3.94. The Morgan fingerprint density at radius 1 is 1.31 bits per heavy atom. The van der Waals surface area contributed by atoms with Crippen LogP contribution in [-0.2, 0) is 17.8 Å². The fourth-order valence-corrected chi connectivity index (χ4v) is 3.94. The van der Waals surface area contributed by atoms with E-state index in [2.05, 4.69) is 10.2 Å². The monoisotopic (exact) mass is 418 g/mol. The number of aromatic nitrogens is 2. The van der Waals surface area contributed by atoms with E-state index in [0.717, 1.165) is 47.8 Å². The van der Waals surface area contributed by atoms with Gasteiger partial charge in [-0.2, -0.15) is 0 Å². The van der Waals surface area contributed by atoms with Crippen LogP contribution < -0.4 is 5.32 Å². The lowest BCUT2D eigenvalue weighted by Gasteiger charge is -2.17. The lowest BCUT2D eigenvalue weighted by molar-refractivity contribution is -0.120. The van der Waals surface area contributed by atoms with E-state index in [1.807, 2.05) is 33.8 Å². The third-order valence-corrected chi connectivity index (χ3v) is 5.56. The van der Waals surface area contributed by atoms with E-state index in [9.17, 15) is 9.18 Å². The summed E-state index contributed by atoms with van der Waals surface area (Å²) >= 11 is 5.77. The quantitative estimate of drug-likeness (QED) is 0.771. The normalized spacial score (nSPS) is 17.1. The number of nitrogens with zero attached hydrogens (tertiary/aromatic N) is 3. The summed E-state index contributed by atoms with van der Waals surface area (Å²) in [6, 6.07) is 5.07. The van der Waals surface area contributed by atoms with E-state index in [1.165, 1.54) is 6.07 Å². The summed E-state index contributed by atoms with van der Waals surface area (Å²) in [7, 11) is 0. The van der Waals surface area contributed by atoms with Crippen molar-refractivity contribution in [2.24, 2.45) is 0 Å². The first-order valence-electron chi connectivity index (χ1n) is 10.0. The predicted molar refractivity (Wildman–Crippen MR) is 113 cm³/mol. The minimum atomic E-state index is -0.383. The highest BCUT2D eigenvalue weighted by Crippen LogP contribution is 2.28. The summed E-state index contributed by atoms with van der Waals surface area (Å²) in [5, 5.41) is 3.06. The molecule has 0 aliphatic carbocycles. The van der Waals surface area contributed by atoms with Crippen LogP contribution in [0.2, 0.25) is 5.02 Å². The molecule has 2 aromatic rings. The molecule has 1 atom stereocenters. The standard InChI is InChI=1S/C22H28ClFN4O/c1-13(2)25-21(29)10-18-14(3)26-22(27-15(18)4)17-7-8-28(12-17)11-16-5-6-19(23)20(24)9-16/h5-6,9,13,17H,7-8,10-12H2,1-4H3,(H,25,29)/t17-/m0/s1. The van der Waals surface area contributed by atoms with Crippen molar-refractivity contribution in [2.45, 2.75) is 59.0 Å². The molecule has 0 unspecified atom stereocenters. The molecule has 29 heavy (non-hydrogen) atoms. The SMILES string of the molecule is Cc1nc([C@H]2CCN(Cc3ccc(Cl)c(F)c3)C2)nc(C)c1CC(=O)NC(C)C. The van der Waals surface area contributed by atoms with Gasteiger partial charge in [-0.1, -0.05) is 17.7 Å². The van der Waals surface area contributed by atoms with Gasteiger partial charge in [0.05, 0.1) is 11.4 Å². The minimum Gasteiger partial charge on any atom is -0.354 e. The van der Waals surface area contributed by atoms with E-state index in [-0.39, 0.29) is 28.7 Å². The average Bonchev–Trinajstić information content (AvgIpc) is 3.09. The van der Waals surface area contributed by atoms with E-state index in [4.69, 9.17) is 21.6 Å². The largest absolute Gasteiger partial charge is 0.354 e. The van der Waals surface area contributed by atoms with Gasteiger partial charge in [0.1, 0.15) is 11.6 Å². The topological polar surface area (TPSA) is 58.1 Å². The van der Waals surface area contributed by atoms with Crippen molar-refractivity contribution in [1.82, 2.24) is 20.2 Å². The van der Waals surface area contributed by atoms with Gasteiger partial charge in [-0.25, -0.2) is 14.4 Å². The highest BCUT2D eigenvalue weighted by molar-refractivity contribution is 6.30. The number of rotatable bonds is 6. The number of likely N-dealkylation sites (tertiary alicyclic amines) is 1. The molecule has 0 saturated carbocycles. The van der Waals surface area contributed by atoms with E-state index in [0.29, 0.717) is 13.0 Å². The van der Waals surface area contributed by atoms with Gasteiger partial charge in [-0.15, -0.1) is 0 Å². The number of carbonyl (C=O) groups excluding carboxylic acids is 1. The summed E-state index contributed by atoms with van der Waals surface area (Å²) in [6.07, 6.45) is 1.26. The van der Waals surface area contributed by atoms with Gasteiger partial charge in [0.15, 0.2) is 0 Å². The molecule has 1 aliphatic heterocycles. The number of halogens is 2. The van der Waals surface area contributed by atoms with Crippen LogP contribution in [-0.4, -0.2) is 39.9 Å². The number of aryl methyl sites for hydroxylation is 2. The van der Waals surface area contributed by atoms with Crippen LogP contribution in [0, 0.1) is 19.7 Å². The molecule has 1 amide bonds. The molecular formula is C22H28ClFN4O. The summed E-state index contributed by atoms with van der Waals surface area (Å²) < 4.78 is 13.7. The Kier molecular flexibility index (Phi) is 6.85. The molecule has 1 aromatic heterocycles. The van der Waals surface area contributed by atoms with Crippen LogP contribution in [0.3, 0.4) is 0 Å². The summed E-state index contributed by atoms with van der Waals surface area (Å²) in [4.78, 5) is 23.8. The van der Waals surface area contributed by atoms with Crippen molar-refractivity contribution < 1.29 is 9.18 Å². The molecule has 1 aliphatic rings.